The molecule has 2 rings (SSSR count). The van der Waals surface area contributed by atoms with Crippen molar-refractivity contribution in [3.05, 3.63) is 37.4 Å². The van der Waals surface area contributed by atoms with Gasteiger partial charge in [0.2, 0.25) is 0 Å². The summed E-state index contributed by atoms with van der Waals surface area (Å²) >= 11 is 0. The van der Waals surface area contributed by atoms with Crippen LogP contribution in [0.3, 0.4) is 0 Å². The lowest BCUT2D eigenvalue weighted by Gasteiger charge is -1.85. The molecule has 2 aromatic heterocycles. The predicted octanol–water partition coefficient (Wildman–Crippen LogP) is -6.56. The summed E-state index contributed by atoms with van der Waals surface area (Å²) in [4.78, 5) is 17.0. The SMILES string of the molecule is O=C(n1cc[nH+]c1)n1cc[nH+]c1.[Br-].[Br-]. The van der Waals surface area contributed by atoms with Crippen LogP contribution in [0.25, 0.3) is 0 Å². The molecule has 0 aliphatic rings. The van der Waals surface area contributed by atoms with Crippen molar-refractivity contribution in [3.8, 4) is 0 Å². The highest BCUT2D eigenvalue weighted by atomic mass is 79.9. The van der Waals surface area contributed by atoms with Crippen molar-refractivity contribution in [1.29, 1.82) is 0 Å². The molecule has 0 aromatic carbocycles. The number of aromatic amines is 2. The maximum absolute atomic E-state index is 11.5. The van der Waals surface area contributed by atoms with Gasteiger partial charge in [-0.05, 0) is 0 Å². The number of hydrogen-bond donors (Lipinski definition) is 0. The smallest absolute Gasteiger partial charge is 0.513 e. The third kappa shape index (κ3) is 2.52. The Labute approximate surface area is 101 Å². The van der Waals surface area contributed by atoms with Gasteiger partial charge in [0.05, 0.1) is 0 Å². The van der Waals surface area contributed by atoms with E-state index in [4.69, 9.17) is 0 Å². The first kappa shape index (κ1) is 13.1. The van der Waals surface area contributed by atoms with E-state index in [0.29, 0.717) is 0 Å². The Balaban J connectivity index is 0.000000845. The van der Waals surface area contributed by atoms with Gasteiger partial charge in [-0.15, -0.1) is 9.13 Å². The van der Waals surface area contributed by atoms with Gasteiger partial charge in [0, 0.05) is 0 Å². The lowest BCUT2D eigenvalue weighted by Crippen LogP contribution is -3.00. The second-order valence-electron chi connectivity index (χ2n) is 2.32. The van der Waals surface area contributed by atoms with Crippen LogP contribution in [0.1, 0.15) is 0 Å². The summed E-state index contributed by atoms with van der Waals surface area (Å²) in [7, 11) is 0. The van der Waals surface area contributed by atoms with Crippen LogP contribution in [0, 0.1) is 0 Å². The van der Waals surface area contributed by atoms with Crippen LogP contribution in [-0.4, -0.2) is 15.2 Å². The third-order valence-corrected chi connectivity index (χ3v) is 1.53. The number of rotatable bonds is 0. The molecule has 0 saturated carbocycles. The van der Waals surface area contributed by atoms with E-state index in [0.717, 1.165) is 0 Å². The summed E-state index contributed by atoms with van der Waals surface area (Å²) in [6, 6.07) is -0.127. The molecule has 2 heterocycles. The van der Waals surface area contributed by atoms with E-state index in [2.05, 4.69) is 9.97 Å². The van der Waals surface area contributed by atoms with Crippen LogP contribution in [0.15, 0.2) is 37.4 Å². The lowest BCUT2D eigenvalue weighted by molar-refractivity contribution is -0.377. The molecule has 2 N–H and O–H groups in total. The number of nitrogens with zero attached hydrogens (tertiary/aromatic N) is 2. The van der Waals surface area contributed by atoms with Gasteiger partial charge in [0.25, 0.3) is 12.7 Å². The zero-order chi connectivity index (χ0) is 8.39. The first-order chi connectivity index (χ1) is 5.88. The van der Waals surface area contributed by atoms with Crippen molar-refractivity contribution >= 4 is 6.03 Å². The van der Waals surface area contributed by atoms with Crippen molar-refractivity contribution in [1.82, 2.24) is 9.13 Å². The summed E-state index contributed by atoms with van der Waals surface area (Å²) in [5.41, 5.74) is 0. The third-order valence-electron chi connectivity index (χ3n) is 1.53. The number of H-pyrrole nitrogens is 2. The van der Waals surface area contributed by atoms with Crippen molar-refractivity contribution in [2.24, 2.45) is 0 Å². The summed E-state index contributed by atoms with van der Waals surface area (Å²) in [5, 5.41) is 0. The van der Waals surface area contributed by atoms with Gasteiger partial charge in [0.15, 0.2) is 0 Å². The minimum atomic E-state index is -0.127. The van der Waals surface area contributed by atoms with E-state index in [1.807, 2.05) is 0 Å². The van der Waals surface area contributed by atoms with Gasteiger partial charge in [-0.3, -0.25) is 0 Å². The normalized spacial score (nSPS) is 8.57. The first-order valence-electron chi connectivity index (χ1n) is 3.51. The average molecular weight is 324 g/mol. The Kier molecular flexibility index (Phi) is 5.32. The molecule has 0 fully saturated rings. The zero-order valence-corrected chi connectivity index (χ0v) is 10.2. The molecule has 5 nitrogen and oxygen atoms in total. The standard InChI is InChI=1S/C7H6N4O.2BrH/c12-7(10-3-1-8-5-10)11-4-2-9-6-11;;/h1-6H;2*1H. The Bertz CT molecular complexity index is 334. The Morgan fingerprint density at radius 2 is 1.36 bits per heavy atom. The van der Waals surface area contributed by atoms with E-state index >= 15 is 0 Å². The number of hydrogen-bond acceptors (Lipinski definition) is 1. The Hall–Kier alpha value is -0.950. The molecule has 0 amide bonds. The zero-order valence-electron chi connectivity index (χ0n) is 7.02. The van der Waals surface area contributed by atoms with Crippen LogP contribution in [0.5, 0.6) is 0 Å². The number of carbonyl (C=O) groups excluding carboxylic acids is 1. The second kappa shape index (κ2) is 5.71. The van der Waals surface area contributed by atoms with E-state index in [1.54, 1.807) is 37.4 Å². The Morgan fingerprint density at radius 1 is 0.929 bits per heavy atom. The van der Waals surface area contributed by atoms with Crippen molar-refractivity contribution in [2.45, 2.75) is 0 Å². The van der Waals surface area contributed by atoms with Crippen LogP contribution >= 0.6 is 0 Å². The van der Waals surface area contributed by atoms with Crippen molar-refractivity contribution in [3.63, 3.8) is 0 Å². The highest BCUT2D eigenvalue weighted by Gasteiger charge is 2.17. The van der Waals surface area contributed by atoms with E-state index < -0.39 is 0 Å². The molecule has 0 radical (unpaired) electrons. The molecule has 0 spiro atoms. The fraction of sp³-hybridized carbons (Fsp3) is 0. The minimum absolute atomic E-state index is 0. The molecule has 0 saturated heterocycles. The molecule has 0 unspecified atom stereocenters. The molecule has 14 heavy (non-hydrogen) atoms. The molecule has 0 aliphatic carbocycles. The lowest BCUT2D eigenvalue weighted by atomic mass is 10.8. The monoisotopic (exact) mass is 322 g/mol. The number of nitrogens with one attached hydrogen (secondary N) is 2. The van der Waals surface area contributed by atoms with E-state index in [9.17, 15) is 4.79 Å². The molecule has 0 atom stereocenters. The average Bonchev–Trinajstić information content (AvgIpc) is 2.77. The molecular weight excluding hydrogens is 316 g/mol. The Morgan fingerprint density at radius 3 is 1.64 bits per heavy atom. The highest BCUT2D eigenvalue weighted by molar-refractivity contribution is 5.78. The summed E-state index contributed by atoms with van der Waals surface area (Å²) in [5.74, 6) is 0. The van der Waals surface area contributed by atoms with E-state index in [1.165, 1.54) is 9.13 Å². The first-order valence-corrected chi connectivity index (χ1v) is 3.51. The van der Waals surface area contributed by atoms with Crippen LogP contribution < -0.4 is 43.9 Å². The summed E-state index contributed by atoms with van der Waals surface area (Å²) in [6.45, 7) is 0. The van der Waals surface area contributed by atoms with Crippen molar-refractivity contribution in [2.75, 3.05) is 0 Å². The topological polar surface area (TPSA) is 55.2 Å². The molecule has 0 bridgehead atoms. The van der Waals surface area contributed by atoms with Gasteiger partial charge >= 0.3 is 6.03 Å². The fourth-order valence-corrected chi connectivity index (χ4v) is 0.951. The van der Waals surface area contributed by atoms with E-state index in [-0.39, 0.29) is 40.0 Å². The predicted molar refractivity (Wildman–Crippen MR) is 38.2 cm³/mol. The van der Waals surface area contributed by atoms with Gasteiger partial charge in [-0.2, -0.15) is 4.79 Å². The maximum Gasteiger partial charge on any atom is 0.513 e. The quantitative estimate of drug-likeness (QED) is 0.476. The molecule has 7 heteroatoms. The number of carbonyl (C=O) groups is 1. The van der Waals surface area contributed by atoms with Crippen molar-refractivity contribution < 1.29 is 48.7 Å². The number of aromatic nitrogens is 4. The van der Waals surface area contributed by atoms with Gasteiger partial charge in [-0.25, -0.2) is 9.97 Å². The molecular formula is C7H8Br2N4O. The van der Waals surface area contributed by atoms with Gasteiger partial charge in [0.1, 0.15) is 24.8 Å². The second-order valence-corrected chi connectivity index (χ2v) is 2.32. The number of halogens is 2. The van der Waals surface area contributed by atoms with Crippen LogP contribution in [-0.2, 0) is 0 Å². The van der Waals surface area contributed by atoms with Crippen LogP contribution in [0.4, 0.5) is 4.79 Å². The highest BCUT2D eigenvalue weighted by Crippen LogP contribution is 1.88. The number of imidazole rings is 2. The largest absolute Gasteiger partial charge is 1.00 e. The van der Waals surface area contributed by atoms with Crippen LogP contribution in [0.2, 0.25) is 0 Å². The molecule has 76 valence electrons. The summed E-state index contributed by atoms with van der Waals surface area (Å²) < 4.78 is 2.90. The minimum Gasteiger partial charge on any atom is -1.00 e. The fourth-order valence-electron chi connectivity index (χ4n) is 0.951. The molecule has 0 aliphatic heterocycles. The van der Waals surface area contributed by atoms with Gasteiger partial charge in [-0.1, -0.05) is 0 Å². The maximum atomic E-state index is 11.5. The molecule has 2 aromatic rings. The van der Waals surface area contributed by atoms with Gasteiger partial charge < -0.3 is 34.0 Å². The summed E-state index contributed by atoms with van der Waals surface area (Å²) in [6.07, 6.45) is 9.85.